The summed E-state index contributed by atoms with van der Waals surface area (Å²) in [6.07, 6.45) is 4.51. The fraction of sp³-hybridized carbons (Fsp3) is 0.0556. The molecule has 4 nitrogen and oxygen atoms in total. The van der Waals surface area contributed by atoms with E-state index in [0.717, 1.165) is 5.56 Å². The van der Waals surface area contributed by atoms with Crippen molar-refractivity contribution in [2.75, 3.05) is 7.11 Å². The van der Waals surface area contributed by atoms with Crippen molar-refractivity contribution < 1.29 is 19.1 Å². The SMILES string of the molecule is COc1c(C(=O)/C=C\c2ccc(Cl)cc2)c(O)cc2occc12. The van der Waals surface area contributed by atoms with Gasteiger partial charge in [-0.15, -0.1) is 0 Å². The fourth-order valence-corrected chi connectivity index (χ4v) is 2.47. The normalized spacial score (nSPS) is 11.2. The molecule has 0 aliphatic heterocycles. The highest BCUT2D eigenvalue weighted by Crippen LogP contribution is 2.37. The molecular formula is C18H13ClO4. The van der Waals surface area contributed by atoms with Gasteiger partial charge in [0.15, 0.2) is 5.78 Å². The van der Waals surface area contributed by atoms with Crippen LogP contribution in [0.3, 0.4) is 0 Å². The Kier molecular flexibility index (Phi) is 4.08. The second-order valence-electron chi connectivity index (χ2n) is 4.89. The maximum Gasteiger partial charge on any atom is 0.193 e. The molecule has 0 saturated heterocycles. The van der Waals surface area contributed by atoms with Crippen LogP contribution >= 0.6 is 11.6 Å². The Morgan fingerprint density at radius 3 is 2.70 bits per heavy atom. The number of hydrogen-bond acceptors (Lipinski definition) is 4. The molecule has 0 atom stereocenters. The van der Waals surface area contributed by atoms with Gasteiger partial charge < -0.3 is 14.3 Å². The van der Waals surface area contributed by atoms with Crippen molar-refractivity contribution in [2.45, 2.75) is 0 Å². The summed E-state index contributed by atoms with van der Waals surface area (Å²) in [5.41, 5.74) is 1.38. The van der Waals surface area contributed by atoms with Crippen LogP contribution in [-0.2, 0) is 0 Å². The first-order valence-electron chi connectivity index (χ1n) is 6.85. The van der Waals surface area contributed by atoms with Gasteiger partial charge in [0, 0.05) is 11.1 Å². The van der Waals surface area contributed by atoms with Crippen molar-refractivity contribution in [3.63, 3.8) is 0 Å². The van der Waals surface area contributed by atoms with Gasteiger partial charge in [-0.25, -0.2) is 0 Å². The number of ether oxygens (including phenoxy) is 1. The summed E-state index contributed by atoms with van der Waals surface area (Å²) in [6, 6.07) is 10.2. The average molecular weight is 329 g/mol. The van der Waals surface area contributed by atoms with Crippen molar-refractivity contribution >= 4 is 34.4 Å². The number of halogens is 1. The number of allylic oxidation sites excluding steroid dienone is 1. The number of furan rings is 1. The highest BCUT2D eigenvalue weighted by atomic mass is 35.5. The second-order valence-corrected chi connectivity index (χ2v) is 5.32. The molecule has 0 saturated carbocycles. The number of phenolic OH excluding ortho intramolecular Hbond substituents is 1. The van der Waals surface area contributed by atoms with E-state index >= 15 is 0 Å². The lowest BCUT2D eigenvalue weighted by Crippen LogP contribution is -2.00. The van der Waals surface area contributed by atoms with E-state index in [9.17, 15) is 9.90 Å². The quantitative estimate of drug-likeness (QED) is 0.557. The number of ketones is 1. The van der Waals surface area contributed by atoms with Crippen molar-refractivity contribution in [1.29, 1.82) is 0 Å². The van der Waals surface area contributed by atoms with E-state index < -0.39 is 0 Å². The number of hydrogen-bond donors (Lipinski definition) is 1. The van der Waals surface area contributed by atoms with Crippen molar-refractivity contribution in [2.24, 2.45) is 0 Å². The first-order valence-corrected chi connectivity index (χ1v) is 7.23. The molecule has 5 heteroatoms. The van der Waals surface area contributed by atoms with E-state index in [1.807, 2.05) is 0 Å². The molecule has 23 heavy (non-hydrogen) atoms. The highest BCUT2D eigenvalue weighted by molar-refractivity contribution is 6.30. The largest absolute Gasteiger partial charge is 0.507 e. The smallest absolute Gasteiger partial charge is 0.193 e. The minimum atomic E-state index is -0.364. The number of rotatable bonds is 4. The van der Waals surface area contributed by atoms with Crippen LogP contribution in [0.4, 0.5) is 0 Å². The van der Waals surface area contributed by atoms with E-state index in [2.05, 4.69) is 0 Å². The maximum absolute atomic E-state index is 12.5. The zero-order valence-corrected chi connectivity index (χ0v) is 13.0. The van der Waals surface area contributed by atoms with Gasteiger partial charge in [0.1, 0.15) is 22.6 Å². The van der Waals surface area contributed by atoms with Gasteiger partial charge in [-0.1, -0.05) is 29.8 Å². The van der Waals surface area contributed by atoms with Crippen molar-refractivity contribution in [3.8, 4) is 11.5 Å². The van der Waals surface area contributed by atoms with E-state index in [1.54, 1.807) is 36.4 Å². The molecular weight excluding hydrogens is 316 g/mol. The molecule has 0 aliphatic carbocycles. The van der Waals surface area contributed by atoms with Crippen molar-refractivity contribution in [1.82, 2.24) is 0 Å². The molecule has 0 radical (unpaired) electrons. The summed E-state index contributed by atoms with van der Waals surface area (Å²) >= 11 is 5.83. The summed E-state index contributed by atoms with van der Waals surface area (Å²) in [7, 11) is 1.45. The Balaban J connectivity index is 2.00. The Bertz CT molecular complexity index is 891. The minimum absolute atomic E-state index is 0.103. The molecule has 3 aromatic rings. The summed E-state index contributed by atoms with van der Waals surface area (Å²) in [6.45, 7) is 0. The van der Waals surface area contributed by atoms with Crippen LogP contribution in [0.25, 0.3) is 17.0 Å². The lowest BCUT2D eigenvalue weighted by Gasteiger charge is -2.09. The fourth-order valence-electron chi connectivity index (χ4n) is 2.35. The van der Waals surface area contributed by atoms with Gasteiger partial charge in [-0.3, -0.25) is 4.79 Å². The minimum Gasteiger partial charge on any atom is -0.507 e. The zero-order chi connectivity index (χ0) is 16.4. The molecule has 116 valence electrons. The van der Waals surface area contributed by atoms with E-state index in [1.165, 1.54) is 25.5 Å². The predicted molar refractivity (Wildman–Crippen MR) is 89.2 cm³/mol. The topological polar surface area (TPSA) is 59.7 Å². The Hall–Kier alpha value is -2.72. The lowest BCUT2D eigenvalue weighted by molar-refractivity contribution is 0.104. The van der Waals surface area contributed by atoms with Gasteiger partial charge in [-0.05, 0) is 29.8 Å². The monoisotopic (exact) mass is 328 g/mol. The van der Waals surface area contributed by atoms with Crippen LogP contribution in [0, 0.1) is 0 Å². The number of phenols is 1. The molecule has 0 aliphatic rings. The van der Waals surface area contributed by atoms with Crippen LogP contribution in [-0.4, -0.2) is 18.0 Å². The van der Waals surface area contributed by atoms with Crippen LogP contribution < -0.4 is 4.74 Å². The molecule has 3 rings (SSSR count). The third-order valence-electron chi connectivity index (χ3n) is 3.44. The van der Waals surface area contributed by atoms with Gasteiger partial charge in [-0.2, -0.15) is 0 Å². The summed E-state index contributed by atoms with van der Waals surface area (Å²) < 4.78 is 10.5. The first kappa shape index (κ1) is 15.2. The van der Waals surface area contributed by atoms with Crippen LogP contribution in [0.1, 0.15) is 15.9 Å². The Labute approximate surface area is 137 Å². The first-order chi connectivity index (χ1) is 11.1. The van der Waals surface area contributed by atoms with Gasteiger partial charge >= 0.3 is 0 Å². The Morgan fingerprint density at radius 1 is 1.26 bits per heavy atom. The van der Waals surface area contributed by atoms with Crippen LogP contribution in [0.2, 0.25) is 5.02 Å². The maximum atomic E-state index is 12.5. The zero-order valence-electron chi connectivity index (χ0n) is 12.2. The molecule has 0 fully saturated rings. The Morgan fingerprint density at radius 2 is 2.00 bits per heavy atom. The van der Waals surface area contributed by atoms with Gasteiger partial charge in [0.05, 0.1) is 18.8 Å². The van der Waals surface area contributed by atoms with E-state index in [4.69, 9.17) is 20.8 Å². The predicted octanol–water partition coefficient (Wildman–Crippen LogP) is 4.70. The van der Waals surface area contributed by atoms with Gasteiger partial charge in [0.25, 0.3) is 0 Å². The molecule has 0 spiro atoms. The number of methoxy groups -OCH3 is 1. The number of aromatic hydroxyl groups is 1. The molecule has 0 unspecified atom stereocenters. The number of benzene rings is 2. The number of fused-ring (bicyclic) bond motifs is 1. The van der Waals surface area contributed by atoms with Crippen LogP contribution in [0.5, 0.6) is 11.5 Å². The summed E-state index contributed by atoms with van der Waals surface area (Å²) in [5.74, 6) is -0.257. The highest BCUT2D eigenvalue weighted by Gasteiger charge is 2.20. The van der Waals surface area contributed by atoms with E-state index in [0.29, 0.717) is 21.7 Å². The molecule has 1 heterocycles. The van der Waals surface area contributed by atoms with Crippen molar-refractivity contribution in [3.05, 3.63) is 64.9 Å². The third-order valence-corrected chi connectivity index (χ3v) is 3.69. The van der Waals surface area contributed by atoms with Crippen LogP contribution in [0.15, 0.2) is 53.2 Å². The lowest BCUT2D eigenvalue weighted by atomic mass is 10.0. The molecule has 2 aromatic carbocycles. The molecule has 0 amide bonds. The number of carbonyl (C=O) groups is 1. The summed E-state index contributed by atoms with van der Waals surface area (Å²) in [4.78, 5) is 12.5. The third kappa shape index (κ3) is 2.94. The standard InChI is InChI=1S/C18H13ClO4/c1-22-18-13-8-9-23-16(13)10-15(21)17(18)14(20)7-4-11-2-5-12(19)6-3-11/h2-10,21H,1H3/b7-4-. The van der Waals surface area contributed by atoms with Gasteiger partial charge in [0.2, 0.25) is 0 Å². The summed E-state index contributed by atoms with van der Waals surface area (Å²) in [5, 5.41) is 11.4. The molecule has 1 N–H and O–H groups in total. The second kappa shape index (κ2) is 6.18. The average Bonchev–Trinajstić information content (AvgIpc) is 3.00. The van der Waals surface area contributed by atoms with E-state index in [-0.39, 0.29) is 17.1 Å². The molecule has 1 aromatic heterocycles. The number of carbonyl (C=O) groups excluding carboxylic acids is 1. The molecule has 0 bridgehead atoms.